The van der Waals surface area contributed by atoms with Gasteiger partial charge in [0, 0.05) is 31.0 Å². The molecule has 0 amide bonds. The average Bonchev–Trinajstić information content (AvgIpc) is 3.05. The van der Waals surface area contributed by atoms with Gasteiger partial charge in [0.05, 0.1) is 30.2 Å². The smallest absolute Gasteiger partial charge is 0.206 e. The Morgan fingerprint density at radius 3 is 2.73 bits per heavy atom. The van der Waals surface area contributed by atoms with Crippen molar-refractivity contribution in [2.24, 2.45) is 0 Å². The summed E-state index contributed by atoms with van der Waals surface area (Å²) >= 11 is 6.67. The van der Waals surface area contributed by atoms with E-state index in [1.807, 2.05) is 26.0 Å². The molecule has 4 rings (SSSR count). The highest BCUT2D eigenvalue weighted by Crippen LogP contribution is 2.39. The molecule has 0 aliphatic carbocycles. The van der Waals surface area contributed by atoms with E-state index in [-0.39, 0.29) is 18.8 Å². The van der Waals surface area contributed by atoms with E-state index in [0.29, 0.717) is 46.3 Å². The van der Waals surface area contributed by atoms with Crippen LogP contribution < -0.4 is 4.90 Å². The molecular formula is C18H19ClN4O3. The van der Waals surface area contributed by atoms with E-state index in [1.165, 1.54) is 0 Å². The van der Waals surface area contributed by atoms with Crippen molar-refractivity contribution in [2.45, 2.75) is 32.7 Å². The number of fused-ring (bicyclic) bond motifs is 1. The normalized spacial score (nSPS) is 20.7. The first kappa shape index (κ1) is 17.2. The second-order valence-corrected chi connectivity index (χ2v) is 6.87. The first-order chi connectivity index (χ1) is 12.6. The number of halogens is 1. The number of hydrogen-bond donors (Lipinski definition) is 1. The Balaban J connectivity index is 1.86. The van der Waals surface area contributed by atoms with Gasteiger partial charge in [-0.2, -0.15) is 0 Å². The number of ether oxygens (including phenoxy) is 1. The number of nitrogens with zero attached hydrogens (tertiary/aromatic N) is 4. The summed E-state index contributed by atoms with van der Waals surface area (Å²) in [7, 11) is 0. The van der Waals surface area contributed by atoms with Gasteiger partial charge in [-0.3, -0.25) is 4.98 Å². The van der Waals surface area contributed by atoms with E-state index in [4.69, 9.17) is 20.9 Å². The second-order valence-electron chi connectivity index (χ2n) is 6.49. The Labute approximate surface area is 155 Å². The number of morpholine rings is 1. The van der Waals surface area contributed by atoms with Gasteiger partial charge in [-0.1, -0.05) is 16.8 Å². The molecule has 0 spiro atoms. The first-order valence-corrected chi connectivity index (χ1v) is 8.85. The number of pyridine rings is 2. The van der Waals surface area contributed by atoms with Gasteiger partial charge in [-0.15, -0.1) is 0 Å². The molecule has 1 fully saturated rings. The molecule has 0 saturated carbocycles. The minimum absolute atomic E-state index is 0.0535. The molecule has 136 valence electrons. The quantitative estimate of drug-likeness (QED) is 0.754. The molecule has 0 radical (unpaired) electrons. The SMILES string of the molecule is C[C@@H]1CN(c2c(CO)nc3c(-c4cccnc4)noc3c2Cl)C[C@H](C)O1. The summed E-state index contributed by atoms with van der Waals surface area (Å²) in [5.74, 6) is 0. The lowest BCUT2D eigenvalue weighted by molar-refractivity contribution is -0.00533. The molecule has 26 heavy (non-hydrogen) atoms. The van der Waals surface area contributed by atoms with Crippen LogP contribution in [-0.2, 0) is 11.3 Å². The van der Waals surface area contributed by atoms with Crippen LogP contribution in [0.1, 0.15) is 19.5 Å². The fourth-order valence-corrected chi connectivity index (χ4v) is 3.79. The Morgan fingerprint density at radius 1 is 1.31 bits per heavy atom. The van der Waals surface area contributed by atoms with Crippen molar-refractivity contribution in [1.29, 1.82) is 0 Å². The van der Waals surface area contributed by atoms with Crippen molar-refractivity contribution in [3.63, 3.8) is 0 Å². The molecule has 1 N–H and O–H groups in total. The number of aliphatic hydroxyl groups is 1. The zero-order valence-corrected chi connectivity index (χ0v) is 15.3. The number of rotatable bonds is 3. The zero-order chi connectivity index (χ0) is 18.3. The summed E-state index contributed by atoms with van der Waals surface area (Å²) in [4.78, 5) is 10.8. The number of aromatic nitrogens is 3. The summed E-state index contributed by atoms with van der Waals surface area (Å²) < 4.78 is 11.3. The maximum atomic E-state index is 9.92. The van der Waals surface area contributed by atoms with E-state index in [1.54, 1.807) is 12.4 Å². The molecule has 3 aromatic rings. The maximum absolute atomic E-state index is 9.92. The molecular weight excluding hydrogens is 356 g/mol. The third-order valence-electron chi connectivity index (χ3n) is 4.42. The van der Waals surface area contributed by atoms with Crippen molar-refractivity contribution in [3.8, 4) is 11.3 Å². The number of aliphatic hydroxyl groups excluding tert-OH is 1. The zero-order valence-electron chi connectivity index (χ0n) is 14.5. The Morgan fingerprint density at radius 2 is 2.08 bits per heavy atom. The van der Waals surface area contributed by atoms with Gasteiger partial charge < -0.3 is 19.3 Å². The van der Waals surface area contributed by atoms with E-state index in [2.05, 4.69) is 20.0 Å². The fourth-order valence-electron chi connectivity index (χ4n) is 3.44. The van der Waals surface area contributed by atoms with E-state index in [0.717, 1.165) is 5.56 Å². The van der Waals surface area contributed by atoms with Crippen molar-refractivity contribution in [1.82, 2.24) is 15.1 Å². The van der Waals surface area contributed by atoms with E-state index >= 15 is 0 Å². The van der Waals surface area contributed by atoms with E-state index < -0.39 is 0 Å². The van der Waals surface area contributed by atoms with Crippen LogP contribution in [0.5, 0.6) is 0 Å². The molecule has 2 atom stereocenters. The van der Waals surface area contributed by atoms with Crippen molar-refractivity contribution >= 4 is 28.4 Å². The standard InChI is InChI=1S/C18H19ClN4O3/c1-10-7-23(8-11(2)25-10)17-13(9-24)21-16-15(12-4-3-5-20-6-12)22-26-18(16)14(17)19/h3-6,10-11,24H,7-9H2,1-2H3/t10-,11+. The summed E-state index contributed by atoms with van der Waals surface area (Å²) in [6, 6.07) is 3.69. The minimum Gasteiger partial charge on any atom is -0.390 e. The summed E-state index contributed by atoms with van der Waals surface area (Å²) in [5.41, 5.74) is 3.43. The van der Waals surface area contributed by atoms with E-state index in [9.17, 15) is 5.11 Å². The second kappa shape index (κ2) is 6.83. The van der Waals surface area contributed by atoms with Gasteiger partial charge in [0.15, 0.2) is 0 Å². The van der Waals surface area contributed by atoms with Gasteiger partial charge in [-0.05, 0) is 26.0 Å². The molecule has 1 aliphatic rings. The van der Waals surface area contributed by atoms with Crippen LogP contribution in [0, 0.1) is 0 Å². The highest BCUT2D eigenvalue weighted by atomic mass is 35.5. The van der Waals surface area contributed by atoms with Crippen LogP contribution in [-0.4, -0.2) is 45.5 Å². The van der Waals surface area contributed by atoms with Crippen LogP contribution in [0.2, 0.25) is 5.02 Å². The molecule has 0 unspecified atom stereocenters. The van der Waals surface area contributed by atoms with Gasteiger partial charge in [0.25, 0.3) is 0 Å². The predicted octanol–water partition coefficient (Wildman–Crippen LogP) is 3.04. The number of hydrogen-bond acceptors (Lipinski definition) is 7. The summed E-state index contributed by atoms with van der Waals surface area (Å²) in [6.07, 6.45) is 3.48. The summed E-state index contributed by atoms with van der Waals surface area (Å²) in [5, 5.41) is 14.5. The molecule has 3 aromatic heterocycles. The lowest BCUT2D eigenvalue weighted by atomic mass is 10.1. The molecule has 1 aliphatic heterocycles. The Bertz CT molecular complexity index is 921. The maximum Gasteiger partial charge on any atom is 0.206 e. The van der Waals surface area contributed by atoms with Gasteiger partial charge in [0.1, 0.15) is 16.2 Å². The molecule has 8 heteroatoms. The van der Waals surface area contributed by atoms with Gasteiger partial charge >= 0.3 is 0 Å². The molecule has 0 bridgehead atoms. The molecule has 0 aromatic carbocycles. The van der Waals surface area contributed by atoms with Crippen molar-refractivity contribution in [3.05, 3.63) is 35.2 Å². The molecule has 7 nitrogen and oxygen atoms in total. The van der Waals surface area contributed by atoms with Crippen molar-refractivity contribution < 1.29 is 14.4 Å². The number of anilines is 1. The third kappa shape index (κ3) is 2.92. The molecule has 4 heterocycles. The lowest BCUT2D eigenvalue weighted by Gasteiger charge is -2.37. The largest absolute Gasteiger partial charge is 0.390 e. The Kier molecular flexibility index (Phi) is 4.52. The lowest BCUT2D eigenvalue weighted by Crippen LogP contribution is -2.46. The summed E-state index contributed by atoms with van der Waals surface area (Å²) in [6.45, 7) is 5.11. The van der Waals surface area contributed by atoms with Crippen LogP contribution in [0.15, 0.2) is 29.0 Å². The Hall–Kier alpha value is -2.22. The van der Waals surface area contributed by atoms with Crippen LogP contribution >= 0.6 is 11.6 Å². The predicted molar refractivity (Wildman–Crippen MR) is 98.2 cm³/mol. The monoisotopic (exact) mass is 374 g/mol. The minimum atomic E-state index is -0.233. The van der Waals surface area contributed by atoms with Crippen molar-refractivity contribution in [2.75, 3.05) is 18.0 Å². The highest BCUT2D eigenvalue weighted by molar-refractivity contribution is 6.37. The highest BCUT2D eigenvalue weighted by Gasteiger charge is 2.29. The average molecular weight is 375 g/mol. The van der Waals surface area contributed by atoms with Gasteiger partial charge in [-0.25, -0.2) is 4.98 Å². The third-order valence-corrected chi connectivity index (χ3v) is 4.77. The van der Waals surface area contributed by atoms with Crippen LogP contribution in [0.3, 0.4) is 0 Å². The fraction of sp³-hybridized carbons (Fsp3) is 0.389. The first-order valence-electron chi connectivity index (χ1n) is 8.48. The topological polar surface area (TPSA) is 84.5 Å². The van der Waals surface area contributed by atoms with Crippen LogP contribution in [0.4, 0.5) is 5.69 Å². The van der Waals surface area contributed by atoms with Crippen LogP contribution in [0.25, 0.3) is 22.4 Å². The van der Waals surface area contributed by atoms with Gasteiger partial charge in [0.2, 0.25) is 5.58 Å². The molecule has 1 saturated heterocycles.